The Balaban J connectivity index is 1.52. The first-order valence-corrected chi connectivity index (χ1v) is 28.1. The van der Waals surface area contributed by atoms with Crippen LogP contribution < -0.4 is 5.32 Å². The fourth-order valence-corrected chi connectivity index (χ4v) is 12.1. The number of likely N-dealkylation sites (N-methyl/N-ethyl adjacent to an activating group) is 1. The molecule has 0 radical (unpaired) electrons. The van der Waals surface area contributed by atoms with Gasteiger partial charge in [0, 0.05) is 57.7 Å². The maximum atomic E-state index is 14.7. The van der Waals surface area contributed by atoms with Crippen molar-refractivity contribution in [1.82, 2.24) is 20.0 Å². The molecule has 0 aromatic heterocycles. The van der Waals surface area contributed by atoms with E-state index in [1.165, 1.54) is 14.0 Å². The minimum atomic E-state index is -1.99. The molecule has 3 aliphatic rings. The third-order valence-electron chi connectivity index (χ3n) is 16.7. The van der Waals surface area contributed by atoms with E-state index in [4.69, 9.17) is 33.2 Å². The van der Waals surface area contributed by atoms with E-state index in [-0.39, 0.29) is 82.1 Å². The summed E-state index contributed by atoms with van der Waals surface area (Å²) < 4.78 is 43.6. The van der Waals surface area contributed by atoms with E-state index in [2.05, 4.69) is 5.32 Å². The molecule has 6 N–H and O–H groups in total. The highest BCUT2D eigenvalue weighted by Gasteiger charge is 2.53. The zero-order chi connectivity index (χ0) is 57.3. The number of hydrogen-bond acceptors (Lipinski definition) is 17. The van der Waals surface area contributed by atoms with Crippen molar-refractivity contribution in [1.29, 1.82) is 0 Å². The third-order valence-corrected chi connectivity index (χ3v) is 16.7. The van der Waals surface area contributed by atoms with Crippen LogP contribution in [0.5, 0.6) is 0 Å². The smallest absolute Gasteiger partial charge is 0.317 e. The molecule has 77 heavy (non-hydrogen) atoms. The maximum Gasteiger partial charge on any atom is 0.317 e. The van der Waals surface area contributed by atoms with Crippen molar-refractivity contribution in [2.75, 3.05) is 54.0 Å². The van der Waals surface area contributed by atoms with Gasteiger partial charge in [-0.2, -0.15) is 0 Å². The summed E-state index contributed by atoms with van der Waals surface area (Å²) in [5.41, 5.74) is -3.84. The average molecular weight is 1090 g/mol. The van der Waals surface area contributed by atoms with Gasteiger partial charge in [-0.05, 0) is 124 Å². The number of hydrogen-bond donors (Lipinski definition) is 6. The van der Waals surface area contributed by atoms with Crippen molar-refractivity contribution < 1.29 is 73.1 Å². The lowest BCUT2D eigenvalue weighted by Crippen LogP contribution is -2.60. The molecule has 0 aliphatic carbocycles. The van der Waals surface area contributed by atoms with E-state index in [9.17, 15) is 39.9 Å². The number of esters is 2. The number of aliphatic hydroxyl groups is 5. The van der Waals surface area contributed by atoms with Crippen LogP contribution in [0.25, 0.3) is 10.8 Å². The van der Waals surface area contributed by atoms with Crippen LogP contribution in [0.3, 0.4) is 0 Å². The second kappa shape index (κ2) is 27.7. The number of urea groups is 1. The van der Waals surface area contributed by atoms with Crippen molar-refractivity contribution in [3.05, 3.63) is 48.0 Å². The van der Waals surface area contributed by atoms with Crippen molar-refractivity contribution >= 4 is 28.7 Å². The number of amides is 2. The third kappa shape index (κ3) is 15.9. The lowest BCUT2D eigenvalue weighted by atomic mass is 9.77. The molecule has 3 fully saturated rings. The second-order valence-corrected chi connectivity index (χ2v) is 23.4. The van der Waals surface area contributed by atoms with Gasteiger partial charge < -0.3 is 73.8 Å². The molecule has 3 heterocycles. The highest BCUT2D eigenvalue weighted by atomic mass is 16.7. The molecule has 2 aromatic rings. The molecule has 19 atom stereocenters. The van der Waals surface area contributed by atoms with Crippen LogP contribution in [0.2, 0.25) is 0 Å². The van der Waals surface area contributed by atoms with Crippen LogP contribution in [-0.4, -0.2) is 202 Å². The van der Waals surface area contributed by atoms with Gasteiger partial charge in [-0.3, -0.25) is 14.5 Å². The fraction of sp³-hybridized carbons (Fsp3) is 0.776. The quantitative estimate of drug-likeness (QED) is 0.107. The molecule has 0 bridgehead atoms. The van der Waals surface area contributed by atoms with Gasteiger partial charge in [-0.25, -0.2) is 4.79 Å². The number of aliphatic hydroxyl groups excluding tert-OH is 3. The zero-order valence-corrected chi connectivity index (χ0v) is 48.7. The Kier molecular flexibility index (Phi) is 23.1. The molecular formula is C58H96N4O15. The van der Waals surface area contributed by atoms with Crippen molar-refractivity contribution in [3.8, 4) is 0 Å². The molecule has 19 heteroatoms. The molecular weight excluding hydrogens is 993 g/mol. The highest BCUT2D eigenvalue weighted by Crippen LogP contribution is 2.40. The van der Waals surface area contributed by atoms with Crippen LogP contribution in [0, 0.1) is 17.8 Å². The van der Waals surface area contributed by atoms with Gasteiger partial charge in [-0.1, -0.05) is 63.2 Å². The minimum absolute atomic E-state index is 0.0267. The Labute approximate surface area is 458 Å². The topological polar surface area (TPSA) is 239 Å². The van der Waals surface area contributed by atoms with Gasteiger partial charge in [0.25, 0.3) is 0 Å². The SMILES string of the molecule is CCOC(=O)CCN(CCCN1C[C@H](C)C[C@@](C)(O)[C@H](O[C@@H]2O[C@H](C)C[C@H](N(C)C)[C@H]2O)[C@@H](C)[C@H](O[C@H]2C[C@@](C)(OC)[C@@H](O)[C@H](C)O2)[C@@H](C)C(=O)O[C@H](CC)[C@@](C)(O)[C@H](O)[C@H]1C)C(=O)NC(C)c1cccc2ccccc12. The summed E-state index contributed by atoms with van der Waals surface area (Å²) >= 11 is 0. The average Bonchev–Trinajstić information content (AvgIpc) is 3.37. The summed E-state index contributed by atoms with van der Waals surface area (Å²) in [5.74, 6) is -3.49. The Morgan fingerprint density at radius 1 is 0.909 bits per heavy atom. The molecule has 3 saturated heterocycles. The lowest BCUT2D eigenvalue weighted by molar-refractivity contribution is -0.318. The molecule has 19 nitrogen and oxygen atoms in total. The van der Waals surface area contributed by atoms with Crippen LogP contribution in [0.15, 0.2) is 42.5 Å². The lowest BCUT2D eigenvalue weighted by Gasteiger charge is -2.48. The van der Waals surface area contributed by atoms with Gasteiger partial charge in [0.1, 0.15) is 30.0 Å². The predicted molar refractivity (Wildman–Crippen MR) is 291 cm³/mol. The van der Waals surface area contributed by atoms with E-state index < -0.39 is 102 Å². The largest absolute Gasteiger partial charge is 0.466 e. The normalized spacial score (nSPS) is 37.6. The summed E-state index contributed by atoms with van der Waals surface area (Å²) in [6.45, 7) is 22.1. The van der Waals surface area contributed by atoms with E-state index in [1.54, 1.807) is 60.3 Å². The van der Waals surface area contributed by atoms with Crippen LogP contribution in [-0.2, 0) is 42.7 Å². The molecule has 2 amide bonds. The van der Waals surface area contributed by atoms with Crippen molar-refractivity contribution in [2.24, 2.45) is 17.8 Å². The Hall–Kier alpha value is -3.57. The summed E-state index contributed by atoms with van der Waals surface area (Å²) in [6, 6.07) is 12.0. The minimum Gasteiger partial charge on any atom is -0.466 e. The summed E-state index contributed by atoms with van der Waals surface area (Å²) in [4.78, 5) is 47.2. The maximum absolute atomic E-state index is 14.7. The highest BCUT2D eigenvalue weighted by molar-refractivity contribution is 5.87. The number of benzene rings is 2. The van der Waals surface area contributed by atoms with Gasteiger partial charge in [0.2, 0.25) is 0 Å². The van der Waals surface area contributed by atoms with Crippen LogP contribution >= 0.6 is 0 Å². The van der Waals surface area contributed by atoms with Crippen LogP contribution in [0.4, 0.5) is 4.79 Å². The Morgan fingerprint density at radius 2 is 1.58 bits per heavy atom. The van der Waals surface area contributed by atoms with Crippen LogP contribution in [0.1, 0.15) is 133 Å². The molecule has 1 unspecified atom stereocenters. The van der Waals surface area contributed by atoms with E-state index in [1.807, 2.05) is 87.1 Å². The monoisotopic (exact) mass is 1090 g/mol. The molecule has 3 aliphatic heterocycles. The number of rotatable bonds is 17. The molecule has 438 valence electrons. The molecule has 0 saturated carbocycles. The number of fused-ring (bicyclic) bond motifs is 1. The zero-order valence-electron chi connectivity index (χ0n) is 48.7. The number of nitrogens with zero attached hydrogens (tertiary/aromatic N) is 3. The second-order valence-electron chi connectivity index (χ2n) is 23.4. The first-order valence-electron chi connectivity index (χ1n) is 28.1. The standard InChI is InChI=1S/C58H96N4O15/c1-16-45-58(12,70)50(65)39(8)62(28-21-27-61(29-26-46(63)72-17-2)55(68)59-38(7)42-25-20-23-41-22-18-19-24-43(41)42)33-34(3)31-56(10,69)52(77-54-48(64)44(60(13)14)30-35(4)73-54)36(5)49(37(6)53(67)75-45)76-47-32-57(11,71-15)51(66)40(9)74-47/h18-20,22-25,34-40,44-45,47-52,54,64-66,69-70H,16-17,21,26-33H2,1-15H3,(H,59,68)/t34-,35-,36+,37-,38?,39-,40+,44+,45-,47+,48-,49+,50-,51+,52-,54+,56-,57-,58-/m1/s1. The van der Waals surface area contributed by atoms with Crippen molar-refractivity contribution in [2.45, 2.75) is 218 Å². The molecule has 0 spiro atoms. The molecule has 5 rings (SSSR count). The fourth-order valence-electron chi connectivity index (χ4n) is 12.1. The number of carbonyl (C=O) groups excluding carboxylic acids is 3. The predicted octanol–water partition coefficient (Wildman–Crippen LogP) is 5.54. The first kappa shape index (κ1) is 64.3. The summed E-state index contributed by atoms with van der Waals surface area (Å²) in [6.07, 6.45) is -9.19. The molecule has 2 aromatic carbocycles. The number of cyclic esters (lactones) is 1. The summed E-state index contributed by atoms with van der Waals surface area (Å²) in [7, 11) is 5.24. The van der Waals surface area contributed by atoms with Gasteiger partial charge in [0.15, 0.2) is 12.6 Å². The van der Waals surface area contributed by atoms with Gasteiger partial charge in [-0.15, -0.1) is 0 Å². The van der Waals surface area contributed by atoms with E-state index >= 15 is 0 Å². The number of nitrogens with one attached hydrogen (secondary N) is 1. The number of carbonyl (C=O) groups is 3. The first-order chi connectivity index (χ1) is 36.1. The number of methoxy groups -OCH3 is 1. The van der Waals surface area contributed by atoms with Gasteiger partial charge in [0.05, 0.1) is 60.6 Å². The summed E-state index contributed by atoms with van der Waals surface area (Å²) in [5, 5.41) is 66.0. The van der Waals surface area contributed by atoms with E-state index in [0.717, 1.165) is 16.3 Å². The van der Waals surface area contributed by atoms with Crippen molar-refractivity contribution in [3.63, 3.8) is 0 Å². The Morgan fingerprint density at radius 3 is 2.23 bits per heavy atom. The number of ether oxygens (including phenoxy) is 7. The van der Waals surface area contributed by atoms with E-state index in [0.29, 0.717) is 19.4 Å². The van der Waals surface area contributed by atoms with Gasteiger partial charge >= 0.3 is 18.0 Å². The Bertz CT molecular complexity index is 2200.